The van der Waals surface area contributed by atoms with Crippen LogP contribution >= 0.6 is 0 Å². The minimum atomic E-state index is -4.03. The van der Waals surface area contributed by atoms with Gasteiger partial charge in [0.05, 0.1) is 19.1 Å². The fraction of sp³-hybridized carbons (Fsp3) is 0.188. The molecular weight excluding hydrogens is 334 g/mol. The van der Waals surface area contributed by atoms with Gasteiger partial charge in [0, 0.05) is 12.1 Å². The summed E-state index contributed by atoms with van der Waals surface area (Å²) in [7, 11) is -1.20. The van der Waals surface area contributed by atoms with Gasteiger partial charge in [0.1, 0.15) is 11.5 Å². The molecule has 1 aromatic carbocycles. The lowest BCUT2D eigenvalue weighted by Gasteiger charge is -2.10. The fourth-order valence-electron chi connectivity index (χ4n) is 1.91. The van der Waals surface area contributed by atoms with Crippen molar-refractivity contribution in [3.05, 3.63) is 47.9 Å². The molecule has 0 saturated carbocycles. The highest BCUT2D eigenvalue weighted by molar-refractivity contribution is 7.90. The summed E-state index contributed by atoms with van der Waals surface area (Å²) in [5.41, 5.74) is 0. The molecule has 1 N–H and O–H groups in total. The molecule has 0 aliphatic carbocycles. The lowest BCUT2D eigenvalue weighted by atomic mass is 10.3. The summed E-state index contributed by atoms with van der Waals surface area (Å²) < 4.78 is 41.8. The van der Waals surface area contributed by atoms with Crippen molar-refractivity contribution in [2.45, 2.75) is 11.8 Å². The third kappa shape index (κ3) is 4.17. The molecule has 0 unspecified atom stereocenters. The Morgan fingerprint density at radius 1 is 1.12 bits per heavy atom. The van der Waals surface area contributed by atoms with Gasteiger partial charge in [0.25, 0.3) is 15.9 Å². The number of hydrogen-bond donors (Lipinski definition) is 1. The van der Waals surface area contributed by atoms with Crippen LogP contribution in [0.15, 0.2) is 45.7 Å². The summed E-state index contributed by atoms with van der Waals surface area (Å²) in [5, 5.41) is 0. The Hall–Kier alpha value is -2.74. The maximum Gasteiger partial charge on any atom is 0.264 e. The molecular formula is C16H17NO6S. The van der Waals surface area contributed by atoms with Crippen LogP contribution in [0, 0.1) is 6.92 Å². The molecule has 1 heterocycles. The molecule has 8 heteroatoms. The van der Waals surface area contributed by atoms with Gasteiger partial charge < -0.3 is 13.9 Å². The average molecular weight is 351 g/mol. The number of aryl methyl sites for hydroxylation is 1. The molecule has 24 heavy (non-hydrogen) atoms. The van der Waals surface area contributed by atoms with E-state index < -0.39 is 15.9 Å². The summed E-state index contributed by atoms with van der Waals surface area (Å²) in [4.78, 5) is 11.7. The molecule has 0 saturated heterocycles. The van der Waals surface area contributed by atoms with Crippen LogP contribution in [0.1, 0.15) is 11.5 Å². The van der Waals surface area contributed by atoms with Crippen LogP contribution in [0.3, 0.4) is 0 Å². The molecule has 0 bridgehead atoms. The van der Waals surface area contributed by atoms with E-state index in [4.69, 9.17) is 13.9 Å². The lowest BCUT2D eigenvalue weighted by molar-refractivity contribution is -0.114. The topological polar surface area (TPSA) is 94.8 Å². The van der Waals surface area contributed by atoms with Gasteiger partial charge in [-0.1, -0.05) is 0 Å². The molecule has 0 spiro atoms. The second-order valence-electron chi connectivity index (χ2n) is 4.77. The first kappa shape index (κ1) is 17.6. The Kier molecular flexibility index (Phi) is 5.30. The Morgan fingerprint density at radius 2 is 1.83 bits per heavy atom. The van der Waals surface area contributed by atoms with Crippen LogP contribution in [0.25, 0.3) is 6.08 Å². The summed E-state index contributed by atoms with van der Waals surface area (Å²) in [5.74, 6) is 0.975. The van der Waals surface area contributed by atoms with E-state index in [1.54, 1.807) is 19.1 Å². The number of hydrogen-bond acceptors (Lipinski definition) is 6. The van der Waals surface area contributed by atoms with E-state index in [-0.39, 0.29) is 10.6 Å². The van der Waals surface area contributed by atoms with E-state index >= 15 is 0 Å². The second-order valence-corrected chi connectivity index (χ2v) is 6.45. The first-order valence-corrected chi connectivity index (χ1v) is 8.37. The van der Waals surface area contributed by atoms with Gasteiger partial charge in [0.15, 0.2) is 11.5 Å². The average Bonchev–Trinajstić information content (AvgIpc) is 2.97. The number of methoxy groups -OCH3 is 2. The smallest absolute Gasteiger partial charge is 0.264 e. The summed E-state index contributed by atoms with van der Waals surface area (Å²) in [6, 6.07) is 7.43. The van der Waals surface area contributed by atoms with Crippen LogP contribution in [-0.2, 0) is 14.8 Å². The number of ether oxygens (including phenoxy) is 2. The zero-order valence-corrected chi connectivity index (χ0v) is 14.2. The molecule has 0 aliphatic rings. The molecule has 1 amide bonds. The van der Waals surface area contributed by atoms with Gasteiger partial charge in [-0.15, -0.1) is 0 Å². The first-order valence-electron chi connectivity index (χ1n) is 6.89. The molecule has 128 valence electrons. The summed E-state index contributed by atoms with van der Waals surface area (Å²) in [6.45, 7) is 1.76. The Bertz CT molecular complexity index is 866. The molecule has 1 aromatic heterocycles. The van der Waals surface area contributed by atoms with Gasteiger partial charge in [-0.2, -0.15) is 0 Å². The van der Waals surface area contributed by atoms with Crippen LogP contribution in [-0.4, -0.2) is 28.5 Å². The maximum absolute atomic E-state index is 12.2. The number of carbonyl (C=O) groups is 1. The Morgan fingerprint density at radius 3 is 2.42 bits per heavy atom. The predicted octanol–water partition coefficient (Wildman–Crippen LogP) is 2.12. The minimum absolute atomic E-state index is 0.115. The molecule has 0 aliphatic heterocycles. The Balaban J connectivity index is 2.15. The number of sulfonamides is 1. The molecule has 2 aromatic rings. The highest BCUT2D eigenvalue weighted by Gasteiger charge is 2.18. The highest BCUT2D eigenvalue weighted by Crippen LogP contribution is 2.29. The number of carbonyl (C=O) groups excluding carboxylic acids is 1. The third-order valence-electron chi connectivity index (χ3n) is 3.06. The number of benzene rings is 1. The monoisotopic (exact) mass is 351 g/mol. The standard InChI is InChI=1S/C16H17NO6S/c1-11-4-5-12(23-11)6-9-16(18)17-24(19,20)13-7-8-14(21-2)15(10-13)22-3/h4-10H,1-3H3,(H,17,18)/b9-6+. The van der Waals surface area contributed by atoms with Crippen molar-refractivity contribution in [3.63, 3.8) is 0 Å². The molecule has 2 rings (SSSR count). The van der Waals surface area contributed by atoms with Gasteiger partial charge in [-0.25, -0.2) is 13.1 Å². The largest absolute Gasteiger partial charge is 0.493 e. The number of nitrogens with one attached hydrogen (secondary N) is 1. The van der Waals surface area contributed by atoms with Crippen molar-refractivity contribution in [1.29, 1.82) is 0 Å². The van der Waals surface area contributed by atoms with Crippen LogP contribution in [0.4, 0.5) is 0 Å². The van der Waals surface area contributed by atoms with Crippen LogP contribution in [0.5, 0.6) is 11.5 Å². The first-order chi connectivity index (χ1) is 11.4. The molecule has 0 radical (unpaired) electrons. The fourth-order valence-corrected chi connectivity index (χ4v) is 2.87. The van der Waals surface area contributed by atoms with E-state index in [9.17, 15) is 13.2 Å². The normalized spacial score (nSPS) is 11.5. The van der Waals surface area contributed by atoms with E-state index in [2.05, 4.69) is 0 Å². The third-order valence-corrected chi connectivity index (χ3v) is 4.40. The quantitative estimate of drug-likeness (QED) is 0.801. The van der Waals surface area contributed by atoms with E-state index in [1.165, 1.54) is 38.5 Å². The second kappa shape index (κ2) is 7.22. The van der Waals surface area contributed by atoms with E-state index in [0.717, 1.165) is 6.08 Å². The van der Waals surface area contributed by atoms with Crippen LogP contribution < -0.4 is 14.2 Å². The SMILES string of the molecule is COc1ccc(S(=O)(=O)NC(=O)/C=C/c2ccc(C)o2)cc1OC. The van der Waals surface area contributed by atoms with E-state index in [1.807, 2.05) is 4.72 Å². The van der Waals surface area contributed by atoms with Gasteiger partial charge >= 0.3 is 0 Å². The van der Waals surface area contributed by atoms with Gasteiger partial charge in [0.2, 0.25) is 0 Å². The molecule has 0 fully saturated rings. The van der Waals surface area contributed by atoms with Gasteiger partial charge in [-0.3, -0.25) is 4.79 Å². The maximum atomic E-state index is 12.2. The van der Waals surface area contributed by atoms with Crippen molar-refractivity contribution in [2.24, 2.45) is 0 Å². The molecule has 0 atom stereocenters. The number of amides is 1. The van der Waals surface area contributed by atoms with Crippen LogP contribution in [0.2, 0.25) is 0 Å². The van der Waals surface area contributed by atoms with Gasteiger partial charge in [-0.05, 0) is 37.3 Å². The Labute approximate surface area is 139 Å². The summed E-state index contributed by atoms with van der Waals surface area (Å²) in [6.07, 6.45) is 2.46. The van der Waals surface area contributed by atoms with Crippen molar-refractivity contribution < 1.29 is 27.1 Å². The lowest BCUT2D eigenvalue weighted by Crippen LogP contribution is -2.29. The van der Waals surface area contributed by atoms with Crippen molar-refractivity contribution >= 4 is 22.0 Å². The molecule has 7 nitrogen and oxygen atoms in total. The minimum Gasteiger partial charge on any atom is -0.493 e. The van der Waals surface area contributed by atoms with Crippen molar-refractivity contribution in [3.8, 4) is 11.5 Å². The predicted molar refractivity (Wildman–Crippen MR) is 87.4 cm³/mol. The number of rotatable bonds is 6. The van der Waals surface area contributed by atoms with E-state index in [0.29, 0.717) is 17.3 Å². The summed E-state index contributed by atoms with van der Waals surface area (Å²) >= 11 is 0. The number of furan rings is 1. The van der Waals surface area contributed by atoms with Crippen molar-refractivity contribution in [2.75, 3.05) is 14.2 Å². The highest BCUT2D eigenvalue weighted by atomic mass is 32.2. The zero-order valence-electron chi connectivity index (χ0n) is 13.4. The van der Waals surface area contributed by atoms with Crippen molar-refractivity contribution in [1.82, 2.24) is 4.72 Å². The zero-order chi connectivity index (χ0) is 17.7.